The molecule has 1 saturated heterocycles. The molecule has 0 unspecified atom stereocenters. The van der Waals surface area contributed by atoms with Crippen LogP contribution < -0.4 is 10.2 Å². The molecule has 4 rings (SSSR count). The number of carbonyl (C=O) groups excluding carboxylic acids is 1. The Morgan fingerprint density at radius 1 is 1.11 bits per heavy atom. The highest BCUT2D eigenvalue weighted by Gasteiger charge is 2.16. The first-order valence-electron chi connectivity index (χ1n) is 8.53. The van der Waals surface area contributed by atoms with Crippen LogP contribution in [0.5, 0.6) is 0 Å². The topological polar surface area (TPSA) is 58.1 Å². The number of nitrogens with zero attached hydrogens (tertiary/aromatic N) is 3. The van der Waals surface area contributed by atoms with Crippen LogP contribution in [0.4, 0.5) is 20.3 Å². The SMILES string of the molecule is O=C(Nc1cc(F)cc(F)c1)c1csc(-c2ccc(N3CCCC3)nc2)n1. The highest BCUT2D eigenvalue weighted by molar-refractivity contribution is 7.13. The summed E-state index contributed by atoms with van der Waals surface area (Å²) in [5.41, 5.74) is 1.05. The number of hydrogen-bond donors (Lipinski definition) is 1. The van der Waals surface area contributed by atoms with Gasteiger partial charge in [0.15, 0.2) is 0 Å². The fraction of sp³-hybridized carbons (Fsp3) is 0.211. The molecule has 138 valence electrons. The number of benzene rings is 1. The number of halogens is 2. The average Bonchev–Trinajstić information content (AvgIpc) is 3.33. The van der Waals surface area contributed by atoms with Gasteiger partial charge in [-0.25, -0.2) is 18.7 Å². The first-order chi connectivity index (χ1) is 13.1. The number of anilines is 2. The molecule has 2 aromatic heterocycles. The first-order valence-corrected chi connectivity index (χ1v) is 9.41. The number of aromatic nitrogens is 2. The van der Waals surface area contributed by atoms with Gasteiger partial charge in [-0.1, -0.05) is 0 Å². The van der Waals surface area contributed by atoms with Crippen molar-refractivity contribution in [1.82, 2.24) is 9.97 Å². The fourth-order valence-corrected chi connectivity index (χ4v) is 3.77. The molecule has 1 aliphatic heterocycles. The quantitative estimate of drug-likeness (QED) is 0.725. The van der Waals surface area contributed by atoms with Crippen molar-refractivity contribution >= 4 is 28.7 Å². The van der Waals surface area contributed by atoms with E-state index in [0.717, 1.165) is 42.7 Å². The van der Waals surface area contributed by atoms with Crippen LogP contribution in [0.15, 0.2) is 41.9 Å². The van der Waals surface area contributed by atoms with E-state index in [9.17, 15) is 13.6 Å². The second-order valence-electron chi connectivity index (χ2n) is 6.25. The summed E-state index contributed by atoms with van der Waals surface area (Å²) in [7, 11) is 0. The predicted octanol–water partition coefficient (Wildman–Crippen LogP) is 4.34. The number of pyridine rings is 1. The van der Waals surface area contributed by atoms with Crippen molar-refractivity contribution in [3.8, 4) is 10.6 Å². The second-order valence-corrected chi connectivity index (χ2v) is 7.11. The molecule has 1 aliphatic rings. The zero-order valence-corrected chi connectivity index (χ0v) is 15.1. The van der Waals surface area contributed by atoms with E-state index in [1.807, 2.05) is 12.1 Å². The van der Waals surface area contributed by atoms with Gasteiger partial charge in [-0.05, 0) is 37.1 Å². The molecule has 0 aliphatic carbocycles. The molecule has 0 atom stereocenters. The van der Waals surface area contributed by atoms with Gasteiger partial charge in [0.2, 0.25) is 0 Å². The van der Waals surface area contributed by atoms with Gasteiger partial charge in [-0.15, -0.1) is 11.3 Å². The predicted molar refractivity (Wildman–Crippen MR) is 101 cm³/mol. The molecule has 1 fully saturated rings. The van der Waals surface area contributed by atoms with Crippen molar-refractivity contribution < 1.29 is 13.6 Å². The number of rotatable bonds is 4. The van der Waals surface area contributed by atoms with Gasteiger partial charge in [0.25, 0.3) is 5.91 Å². The van der Waals surface area contributed by atoms with Crippen molar-refractivity contribution in [1.29, 1.82) is 0 Å². The molecule has 1 N–H and O–H groups in total. The van der Waals surface area contributed by atoms with Crippen LogP contribution in [-0.4, -0.2) is 29.0 Å². The summed E-state index contributed by atoms with van der Waals surface area (Å²) in [5, 5.41) is 4.72. The number of hydrogen-bond acceptors (Lipinski definition) is 5. The normalized spacial score (nSPS) is 13.8. The van der Waals surface area contributed by atoms with E-state index in [2.05, 4.69) is 20.2 Å². The Morgan fingerprint density at radius 2 is 1.85 bits per heavy atom. The van der Waals surface area contributed by atoms with Crippen molar-refractivity contribution in [2.24, 2.45) is 0 Å². The summed E-state index contributed by atoms with van der Waals surface area (Å²) in [6.07, 6.45) is 4.11. The smallest absolute Gasteiger partial charge is 0.275 e. The summed E-state index contributed by atoms with van der Waals surface area (Å²) in [6, 6.07) is 6.74. The summed E-state index contributed by atoms with van der Waals surface area (Å²) in [4.78, 5) is 23.3. The Bertz CT molecular complexity index is 948. The maximum atomic E-state index is 13.2. The van der Waals surface area contributed by atoms with Crippen LogP contribution in [-0.2, 0) is 0 Å². The molecule has 1 amide bonds. The Labute approximate surface area is 158 Å². The summed E-state index contributed by atoms with van der Waals surface area (Å²) in [5.74, 6) is -1.09. The lowest BCUT2D eigenvalue weighted by molar-refractivity contribution is 0.102. The summed E-state index contributed by atoms with van der Waals surface area (Å²) < 4.78 is 26.5. The van der Waals surface area contributed by atoms with Gasteiger partial charge in [-0.3, -0.25) is 4.79 Å². The third-order valence-corrected chi connectivity index (χ3v) is 5.17. The van der Waals surface area contributed by atoms with Crippen LogP contribution in [0.1, 0.15) is 23.3 Å². The second kappa shape index (κ2) is 7.40. The Kier molecular flexibility index (Phi) is 4.81. The van der Waals surface area contributed by atoms with Crippen molar-refractivity contribution in [3.05, 3.63) is 59.2 Å². The third-order valence-electron chi connectivity index (χ3n) is 4.28. The van der Waals surface area contributed by atoms with E-state index < -0.39 is 17.5 Å². The van der Waals surface area contributed by atoms with Crippen LogP contribution in [0.2, 0.25) is 0 Å². The minimum atomic E-state index is -0.756. The first kappa shape index (κ1) is 17.5. The highest BCUT2D eigenvalue weighted by Crippen LogP contribution is 2.26. The van der Waals surface area contributed by atoms with E-state index in [4.69, 9.17) is 0 Å². The molecule has 8 heteroatoms. The molecular formula is C19H16F2N4OS. The molecule has 0 saturated carbocycles. The zero-order chi connectivity index (χ0) is 18.8. The molecule has 0 bridgehead atoms. The van der Waals surface area contributed by atoms with Crippen LogP contribution in [0, 0.1) is 11.6 Å². The molecular weight excluding hydrogens is 370 g/mol. The van der Waals surface area contributed by atoms with E-state index in [-0.39, 0.29) is 11.4 Å². The van der Waals surface area contributed by atoms with Gasteiger partial charge in [0.1, 0.15) is 28.2 Å². The van der Waals surface area contributed by atoms with Crippen LogP contribution in [0.25, 0.3) is 10.6 Å². The van der Waals surface area contributed by atoms with Crippen molar-refractivity contribution in [2.45, 2.75) is 12.8 Å². The van der Waals surface area contributed by atoms with E-state index in [1.54, 1.807) is 11.6 Å². The van der Waals surface area contributed by atoms with Crippen molar-refractivity contribution in [3.63, 3.8) is 0 Å². The van der Waals surface area contributed by atoms with E-state index in [0.29, 0.717) is 5.01 Å². The van der Waals surface area contributed by atoms with Crippen LogP contribution >= 0.6 is 11.3 Å². The molecule has 27 heavy (non-hydrogen) atoms. The van der Waals surface area contributed by atoms with Crippen molar-refractivity contribution in [2.75, 3.05) is 23.3 Å². The van der Waals surface area contributed by atoms with E-state index in [1.165, 1.54) is 24.2 Å². The number of amides is 1. The van der Waals surface area contributed by atoms with Gasteiger partial charge < -0.3 is 10.2 Å². The lowest BCUT2D eigenvalue weighted by Crippen LogP contribution is -2.18. The maximum Gasteiger partial charge on any atom is 0.275 e. The zero-order valence-electron chi connectivity index (χ0n) is 14.3. The molecule has 3 aromatic rings. The summed E-state index contributed by atoms with van der Waals surface area (Å²) in [6.45, 7) is 2.04. The van der Waals surface area contributed by atoms with Gasteiger partial charge >= 0.3 is 0 Å². The van der Waals surface area contributed by atoms with Gasteiger partial charge in [0, 0.05) is 42.0 Å². The molecule has 5 nitrogen and oxygen atoms in total. The van der Waals surface area contributed by atoms with Gasteiger partial charge in [0.05, 0.1) is 0 Å². The third kappa shape index (κ3) is 3.95. The number of nitrogens with one attached hydrogen (secondary N) is 1. The number of carbonyl (C=O) groups is 1. The standard InChI is InChI=1S/C19H16F2N4OS/c20-13-7-14(21)9-15(8-13)23-18(26)16-11-27-19(24-16)12-3-4-17(22-10-12)25-5-1-2-6-25/h3-4,7-11H,1-2,5-6H2,(H,23,26). The monoisotopic (exact) mass is 386 g/mol. The fourth-order valence-electron chi connectivity index (χ4n) is 2.98. The van der Waals surface area contributed by atoms with E-state index >= 15 is 0 Å². The Balaban J connectivity index is 1.48. The Hall–Kier alpha value is -2.87. The largest absolute Gasteiger partial charge is 0.357 e. The molecule has 3 heterocycles. The molecule has 0 spiro atoms. The minimum Gasteiger partial charge on any atom is -0.357 e. The maximum absolute atomic E-state index is 13.2. The molecule has 0 radical (unpaired) electrons. The summed E-state index contributed by atoms with van der Waals surface area (Å²) >= 11 is 1.31. The lowest BCUT2D eigenvalue weighted by Gasteiger charge is -2.15. The van der Waals surface area contributed by atoms with Crippen LogP contribution in [0.3, 0.4) is 0 Å². The highest BCUT2D eigenvalue weighted by atomic mass is 32.1. The molecule has 1 aromatic carbocycles. The average molecular weight is 386 g/mol. The van der Waals surface area contributed by atoms with Gasteiger partial charge in [-0.2, -0.15) is 0 Å². The number of thiazole rings is 1. The lowest BCUT2D eigenvalue weighted by atomic mass is 10.3. The minimum absolute atomic E-state index is 0.0451. The Morgan fingerprint density at radius 3 is 2.52 bits per heavy atom.